The highest BCUT2D eigenvalue weighted by Crippen LogP contribution is 2.26. The molecule has 5 heteroatoms. The average Bonchev–Trinajstić information content (AvgIpc) is 2.13. The highest BCUT2D eigenvalue weighted by molar-refractivity contribution is 5.83. The van der Waals surface area contributed by atoms with Gasteiger partial charge in [-0.05, 0) is 34.1 Å². The van der Waals surface area contributed by atoms with Crippen LogP contribution in [0.2, 0.25) is 0 Å². The van der Waals surface area contributed by atoms with E-state index in [2.05, 4.69) is 0 Å². The van der Waals surface area contributed by atoms with Crippen LogP contribution in [0.25, 0.3) is 0 Å². The van der Waals surface area contributed by atoms with Gasteiger partial charge in [0, 0.05) is 12.6 Å². The molecule has 1 aliphatic heterocycles. The van der Waals surface area contributed by atoms with Crippen molar-refractivity contribution < 1.29 is 9.59 Å². The first-order chi connectivity index (χ1) is 8.20. The normalized spacial score (nSPS) is 22.3. The van der Waals surface area contributed by atoms with Crippen molar-refractivity contribution in [2.45, 2.75) is 58.7 Å². The molecule has 1 heterocycles. The fourth-order valence-electron chi connectivity index (χ4n) is 3.06. The van der Waals surface area contributed by atoms with Crippen molar-refractivity contribution in [2.24, 2.45) is 5.73 Å². The number of piperazine rings is 1. The third kappa shape index (κ3) is 2.83. The van der Waals surface area contributed by atoms with Gasteiger partial charge in [-0.2, -0.15) is 0 Å². The highest BCUT2D eigenvalue weighted by atomic mass is 16.2. The van der Waals surface area contributed by atoms with Gasteiger partial charge in [-0.1, -0.05) is 6.92 Å². The Balaban J connectivity index is 2.93. The van der Waals surface area contributed by atoms with E-state index in [1.807, 2.05) is 44.4 Å². The van der Waals surface area contributed by atoms with Crippen molar-refractivity contribution >= 4 is 11.8 Å². The maximum Gasteiger partial charge on any atom is 0.237 e. The fourth-order valence-corrected chi connectivity index (χ4v) is 3.06. The summed E-state index contributed by atoms with van der Waals surface area (Å²) in [5.41, 5.74) is 5.13. The largest absolute Gasteiger partial charge is 0.368 e. The molecule has 0 saturated carbocycles. The van der Waals surface area contributed by atoms with Gasteiger partial charge in [0.1, 0.15) is 0 Å². The molecule has 0 unspecified atom stereocenters. The van der Waals surface area contributed by atoms with Crippen molar-refractivity contribution in [3.63, 3.8) is 0 Å². The Morgan fingerprint density at radius 3 is 2.33 bits per heavy atom. The molecule has 1 atom stereocenters. The van der Waals surface area contributed by atoms with Crippen LogP contribution in [0.3, 0.4) is 0 Å². The number of carbonyl (C=O) groups excluding carboxylic acids is 2. The van der Waals surface area contributed by atoms with E-state index in [1.54, 1.807) is 0 Å². The van der Waals surface area contributed by atoms with E-state index in [1.165, 1.54) is 0 Å². The summed E-state index contributed by atoms with van der Waals surface area (Å²) in [7, 11) is 0. The van der Waals surface area contributed by atoms with Gasteiger partial charge in [0.25, 0.3) is 0 Å². The Morgan fingerprint density at radius 1 is 1.44 bits per heavy atom. The molecular weight excluding hydrogens is 230 g/mol. The molecule has 0 radical (unpaired) electrons. The molecule has 0 bridgehead atoms. The van der Waals surface area contributed by atoms with Crippen molar-refractivity contribution in [3.05, 3.63) is 0 Å². The molecule has 18 heavy (non-hydrogen) atoms. The molecule has 1 aliphatic rings. The molecule has 0 aliphatic carbocycles. The number of hydrogen-bond donors (Lipinski definition) is 1. The summed E-state index contributed by atoms with van der Waals surface area (Å²) in [6.45, 7) is 11.0. The zero-order valence-electron chi connectivity index (χ0n) is 12.1. The summed E-state index contributed by atoms with van der Waals surface area (Å²) in [6.07, 6.45) is 0.639. The van der Waals surface area contributed by atoms with Gasteiger partial charge >= 0.3 is 0 Å². The van der Waals surface area contributed by atoms with E-state index in [0.717, 1.165) is 0 Å². The van der Waals surface area contributed by atoms with Crippen LogP contribution in [-0.2, 0) is 9.59 Å². The number of hydrogen-bond acceptors (Lipinski definition) is 3. The Hall–Kier alpha value is -1.10. The van der Waals surface area contributed by atoms with Crippen LogP contribution in [0, 0.1) is 0 Å². The average molecular weight is 255 g/mol. The molecule has 0 aromatic carbocycles. The maximum absolute atomic E-state index is 12.2. The van der Waals surface area contributed by atoms with Gasteiger partial charge in [0.2, 0.25) is 11.8 Å². The smallest absolute Gasteiger partial charge is 0.237 e. The Bertz CT molecular complexity index is 339. The summed E-state index contributed by atoms with van der Waals surface area (Å²) >= 11 is 0. The third-order valence-corrected chi connectivity index (χ3v) is 3.52. The number of nitrogens with two attached hydrogens (primary N) is 1. The van der Waals surface area contributed by atoms with E-state index in [4.69, 9.17) is 5.73 Å². The van der Waals surface area contributed by atoms with E-state index in [9.17, 15) is 9.59 Å². The number of carbonyl (C=O) groups is 2. The second-order valence-corrected chi connectivity index (χ2v) is 5.90. The van der Waals surface area contributed by atoms with Crippen LogP contribution >= 0.6 is 0 Å². The van der Waals surface area contributed by atoms with Gasteiger partial charge in [0.05, 0.1) is 18.1 Å². The standard InChI is InChI=1S/C13H25N3O2/c1-6-10(12(14)18)15-7-11(17)16(9(2)3)13(4,5)8-15/h9-10H,6-8H2,1-5H3,(H2,14,18)/t10-/m1/s1. The molecule has 0 aromatic heterocycles. The molecule has 1 rings (SSSR count). The van der Waals surface area contributed by atoms with Gasteiger partial charge in [-0.25, -0.2) is 0 Å². The minimum absolute atomic E-state index is 0.0703. The van der Waals surface area contributed by atoms with E-state index >= 15 is 0 Å². The molecule has 0 aromatic rings. The fraction of sp³-hybridized carbons (Fsp3) is 0.846. The summed E-state index contributed by atoms with van der Waals surface area (Å²) in [4.78, 5) is 27.5. The third-order valence-electron chi connectivity index (χ3n) is 3.52. The van der Waals surface area contributed by atoms with Crippen molar-refractivity contribution in [1.82, 2.24) is 9.80 Å². The number of nitrogens with zero attached hydrogens (tertiary/aromatic N) is 2. The minimum Gasteiger partial charge on any atom is -0.368 e. The maximum atomic E-state index is 12.2. The molecular formula is C13H25N3O2. The van der Waals surface area contributed by atoms with E-state index in [0.29, 0.717) is 13.0 Å². The molecule has 104 valence electrons. The van der Waals surface area contributed by atoms with Crippen molar-refractivity contribution in [3.8, 4) is 0 Å². The topological polar surface area (TPSA) is 66.6 Å². The Morgan fingerprint density at radius 2 is 2.00 bits per heavy atom. The first kappa shape index (κ1) is 15.0. The lowest BCUT2D eigenvalue weighted by Gasteiger charge is -2.50. The Labute approximate surface area is 109 Å². The van der Waals surface area contributed by atoms with Crippen LogP contribution in [0.5, 0.6) is 0 Å². The van der Waals surface area contributed by atoms with Gasteiger partial charge in [-0.3, -0.25) is 14.5 Å². The number of primary amides is 1. The minimum atomic E-state index is -0.348. The Kier molecular flexibility index (Phi) is 4.37. The predicted octanol–water partition coefficient (Wildman–Crippen LogP) is 0.582. The lowest BCUT2D eigenvalue weighted by Crippen LogP contribution is -2.66. The zero-order valence-corrected chi connectivity index (χ0v) is 12.1. The molecule has 1 saturated heterocycles. The molecule has 2 amide bonds. The van der Waals surface area contributed by atoms with Crippen LogP contribution in [-0.4, -0.2) is 52.3 Å². The number of amides is 2. The quantitative estimate of drug-likeness (QED) is 0.799. The van der Waals surface area contributed by atoms with Crippen molar-refractivity contribution in [1.29, 1.82) is 0 Å². The lowest BCUT2D eigenvalue weighted by molar-refractivity contribution is -0.150. The summed E-state index contributed by atoms with van der Waals surface area (Å²) in [6, 6.07) is -0.175. The van der Waals surface area contributed by atoms with Crippen molar-refractivity contribution in [2.75, 3.05) is 13.1 Å². The van der Waals surface area contributed by atoms with E-state index in [-0.39, 0.29) is 36.0 Å². The van der Waals surface area contributed by atoms with Crippen LogP contribution in [0.15, 0.2) is 0 Å². The highest BCUT2D eigenvalue weighted by Gasteiger charge is 2.42. The molecule has 1 fully saturated rings. The second kappa shape index (κ2) is 5.26. The monoisotopic (exact) mass is 255 g/mol. The summed E-state index contributed by atoms with van der Waals surface area (Å²) in [5, 5.41) is 0. The zero-order chi connectivity index (χ0) is 14.1. The van der Waals surface area contributed by atoms with Gasteiger partial charge in [-0.15, -0.1) is 0 Å². The first-order valence-corrected chi connectivity index (χ1v) is 6.56. The first-order valence-electron chi connectivity index (χ1n) is 6.56. The molecule has 0 spiro atoms. The summed E-state index contributed by atoms with van der Waals surface area (Å²) in [5.74, 6) is -0.278. The van der Waals surface area contributed by atoms with Crippen LogP contribution < -0.4 is 5.73 Å². The van der Waals surface area contributed by atoms with E-state index < -0.39 is 0 Å². The van der Waals surface area contributed by atoms with Gasteiger partial charge < -0.3 is 10.6 Å². The lowest BCUT2D eigenvalue weighted by atomic mass is 9.94. The van der Waals surface area contributed by atoms with Crippen LogP contribution in [0.1, 0.15) is 41.0 Å². The summed E-state index contributed by atoms with van der Waals surface area (Å²) < 4.78 is 0. The SMILES string of the molecule is CC[C@H](C(N)=O)N1CC(=O)N(C(C)C)C(C)(C)C1. The molecule has 5 nitrogen and oxygen atoms in total. The predicted molar refractivity (Wildman–Crippen MR) is 70.9 cm³/mol. The molecule has 2 N–H and O–H groups in total. The van der Waals surface area contributed by atoms with Crippen LogP contribution in [0.4, 0.5) is 0 Å². The second-order valence-electron chi connectivity index (χ2n) is 5.90. The number of rotatable bonds is 4. The van der Waals surface area contributed by atoms with Gasteiger partial charge in [0.15, 0.2) is 0 Å².